The lowest BCUT2D eigenvalue weighted by Crippen LogP contribution is -2.62. The third-order valence-corrected chi connectivity index (χ3v) is 4.93. The molecule has 1 spiro atoms. The molecule has 3 saturated heterocycles. The maximum Gasteiger partial charge on any atom is 0.251 e. The summed E-state index contributed by atoms with van der Waals surface area (Å²) in [5.74, 6) is 0.216. The van der Waals surface area contributed by atoms with Gasteiger partial charge in [-0.05, 0) is 25.7 Å². The van der Waals surface area contributed by atoms with Crippen molar-refractivity contribution in [2.24, 2.45) is 0 Å². The van der Waals surface area contributed by atoms with Crippen LogP contribution >= 0.6 is 0 Å². The third-order valence-electron chi connectivity index (χ3n) is 4.93. The lowest BCUT2D eigenvalue weighted by Gasteiger charge is -2.50. The second-order valence-corrected chi connectivity index (χ2v) is 5.97. The first-order valence-corrected chi connectivity index (χ1v) is 7.40. The van der Waals surface area contributed by atoms with Gasteiger partial charge < -0.3 is 14.4 Å². The van der Waals surface area contributed by atoms with Crippen LogP contribution in [0.1, 0.15) is 25.7 Å². The minimum atomic E-state index is -0.164. The molecule has 5 heteroatoms. The molecule has 0 radical (unpaired) electrons. The first-order chi connectivity index (χ1) is 9.25. The van der Waals surface area contributed by atoms with Crippen molar-refractivity contribution in [1.82, 2.24) is 9.80 Å². The SMILES string of the molecule is COCCN1CC[C@@]12CCN(C(=O)[C@@H]1CCCO1)C2. The largest absolute Gasteiger partial charge is 0.383 e. The molecule has 1 amide bonds. The van der Waals surface area contributed by atoms with Crippen molar-refractivity contribution in [2.45, 2.75) is 37.3 Å². The van der Waals surface area contributed by atoms with Crippen LogP contribution in [0.25, 0.3) is 0 Å². The van der Waals surface area contributed by atoms with E-state index in [0.29, 0.717) is 0 Å². The predicted molar refractivity (Wildman–Crippen MR) is 71.0 cm³/mol. The Hall–Kier alpha value is -0.650. The fraction of sp³-hybridized carbons (Fsp3) is 0.929. The number of carbonyl (C=O) groups excluding carboxylic acids is 1. The Kier molecular flexibility index (Phi) is 3.78. The standard InChI is InChI=1S/C14H24N2O3/c1-18-10-8-16-7-5-14(16)4-6-15(11-14)13(17)12-3-2-9-19-12/h12H,2-11H2,1H3/t12-,14+/m0/s1. The second-order valence-electron chi connectivity index (χ2n) is 5.97. The van der Waals surface area contributed by atoms with Crippen LogP contribution < -0.4 is 0 Å². The van der Waals surface area contributed by atoms with Crippen molar-refractivity contribution in [2.75, 3.05) is 46.5 Å². The number of rotatable bonds is 4. The molecule has 3 heterocycles. The summed E-state index contributed by atoms with van der Waals surface area (Å²) in [5, 5.41) is 0. The molecule has 0 bridgehead atoms. The molecule has 2 atom stereocenters. The van der Waals surface area contributed by atoms with Crippen LogP contribution in [0.15, 0.2) is 0 Å². The molecular formula is C14H24N2O3. The van der Waals surface area contributed by atoms with Gasteiger partial charge in [0.1, 0.15) is 6.10 Å². The van der Waals surface area contributed by atoms with E-state index in [9.17, 15) is 4.79 Å². The number of methoxy groups -OCH3 is 1. The molecule has 0 saturated carbocycles. The van der Waals surface area contributed by atoms with Crippen LogP contribution in [0.2, 0.25) is 0 Å². The van der Waals surface area contributed by atoms with Gasteiger partial charge in [-0.2, -0.15) is 0 Å². The van der Waals surface area contributed by atoms with E-state index in [0.717, 1.165) is 58.7 Å². The molecule has 0 aliphatic carbocycles. The fourth-order valence-electron chi connectivity index (χ4n) is 3.62. The monoisotopic (exact) mass is 268 g/mol. The molecule has 0 aromatic rings. The number of amides is 1. The Balaban J connectivity index is 1.56. The Morgan fingerprint density at radius 1 is 1.42 bits per heavy atom. The van der Waals surface area contributed by atoms with Crippen molar-refractivity contribution in [3.8, 4) is 0 Å². The Labute approximate surface area is 114 Å². The number of ether oxygens (including phenoxy) is 2. The summed E-state index contributed by atoms with van der Waals surface area (Å²) in [6, 6.07) is 0. The summed E-state index contributed by atoms with van der Waals surface area (Å²) in [6.45, 7) is 5.43. The zero-order chi connectivity index (χ0) is 13.3. The minimum Gasteiger partial charge on any atom is -0.383 e. The van der Waals surface area contributed by atoms with E-state index in [1.54, 1.807) is 7.11 Å². The van der Waals surface area contributed by atoms with Crippen LogP contribution in [0.4, 0.5) is 0 Å². The molecule has 108 valence electrons. The van der Waals surface area contributed by atoms with E-state index in [-0.39, 0.29) is 17.6 Å². The van der Waals surface area contributed by atoms with Gasteiger partial charge in [0.15, 0.2) is 0 Å². The van der Waals surface area contributed by atoms with Crippen molar-refractivity contribution >= 4 is 5.91 Å². The lowest BCUT2D eigenvalue weighted by molar-refractivity contribution is -0.141. The summed E-state index contributed by atoms with van der Waals surface area (Å²) >= 11 is 0. The summed E-state index contributed by atoms with van der Waals surface area (Å²) in [7, 11) is 1.74. The van der Waals surface area contributed by atoms with Crippen LogP contribution in [-0.4, -0.2) is 73.9 Å². The van der Waals surface area contributed by atoms with Gasteiger partial charge >= 0.3 is 0 Å². The first-order valence-electron chi connectivity index (χ1n) is 7.40. The Morgan fingerprint density at radius 2 is 2.26 bits per heavy atom. The quantitative estimate of drug-likeness (QED) is 0.744. The summed E-state index contributed by atoms with van der Waals surface area (Å²) in [5.41, 5.74) is 0.243. The number of hydrogen-bond donors (Lipinski definition) is 0. The number of nitrogens with zero attached hydrogens (tertiary/aromatic N) is 2. The maximum atomic E-state index is 12.4. The summed E-state index contributed by atoms with van der Waals surface area (Å²) in [4.78, 5) is 16.9. The molecule has 19 heavy (non-hydrogen) atoms. The molecule has 3 aliphatic heterocycles. The lowest BCUT2D eigenvalue weighted by atomic mass is 9.84. The van der Waals surface area contributed by atoms with Gasteiger partial charge in [0.05, 0.1) is 6.61 Å². The fourth-order valence-corrected chi connectivity index (χ4v) is 3.62. The van der Waals surface area contributed by atoms with E-state index in [2.05, 4.69) is 4.90 Å². The van der Waals surface area contributed by atoms with Gasteiger partial charge in [0, 0.05) is 45.4 Å². The van der Waals surface area contributed by atoms with Gasteiger partial charge in [-0.15, -0.1) is 0 Å². The number of likely N-dealkylation sites (tertiary alicyclic amines) is 2. The third kappa shape index (κ3) is 2.39. The summed E-state index contributed by atoms with van der Waals surface area (Å²) < 4.78 is 10.7. The van der Waals surface area contributed by atoms with Gasteiger partial charge in [0.2, 0.25) is 0 Å². The zero-order valence-corrected chi connectivity index (χ0v) is 11.8. The van der Waals surface area contributed by atoms with Crippen molar-refractivity contribution in [3.05, 3.63) is 0 Å². The van der Waals surface area contributed by atoms with Crippen LogP contribution in [0, 0.1) is 0 Å². The minimum absolute atomic E-state index is 0.164. The van der Waals surface area contributed by atoms with E-state index >= 15 is 0 Å². The van der Waals surface area contributed by atoms with Gasteiger partial charge in [-0.3, -0.25) is 9.69 Å². The van der Waals surface area contributed by atoms with Crippen molar-refractivity contribution in [1.29, 1.82) is 0 Å². The van der Waals surface area contributed by atoms with E-state index in [4.69, 9.17) is 9.47 Å². The molecule has 3 fully saturated rings. The smallest absolute Gasteiger partial charge is 0.251 e. The van der Waals surface area contributed by atoms with E-state index in [1.165, 1.54) is 6.42 Å². The molecule has 0 N–H and O–H groups in total. The Morgan fingerprint density at radius 3 is 2.89 bits per heavy atom. The number of carbonyl (C=O) groups is 1. The van der Waals surface area contributed by atoms with Crippen molar-refractivity contribution in [3.63, 3.8) is 0 Å². The molecule has 3 rings (SSSR count). The molecular weight excluding hydrogens is 244 g/mol. The highest BCUT2D eigenvalue weighted by Crippen LogP contribution is 2.39. The molecule has 3 aliphatic rings. The van der Waals surface area contributed by atoms with E-state index < -0.39 is 0 Å². The molecule has 5 nitrogen and oxygen atoms in total. The highest BCUT2D eigenvalue weighted by Gasteiger charge is 2.50. The highest BCUT2D eigenvalue weighted by atomic mass is 16.5. The normalized spacial score (nSPS) is 35.0. The topological polar surface area (TPSA) is 42.0 Å². The van der Waals surface area contributed by atoms with Gasteiger partial charge in [-0.25, -0.2) is 0 Å². The van der Waals surface area contributed by atoms with Crippen molar-refractivity contribution < 1.29 is 14.3 Å². The average molecular weight is 268 g/mol. The maximum absolute atomic E-state index is 12.4. The predicted octanol–water partition coefficient (Wildman–Crippen LogP) is 0.489. The van der Waals surface area contributed by atoms with Crippen LogP contribution in [-0.2, 0) is 14.3 Å². The highest BCUT2D eigenvalue weighted by molar-refractivity contribution is 5.81. The number of hydrogen-bond acceptors (Lipinski definition) is 4. The molecule has 0 aromatic carbocycles. The first kappa shape index (κ1) is 13.3. The van der Waals surface area contributed by atoms with Gasteiger partial charge in [0.25, 0.3) is 5.91 Å². The van der Waals surface area contributed by atoms with Crippen LogP contribution in [0.3, 0.4) is 0 Å². The van der Waals surface area contributed by atoms with Crippen LogP contribution in [0.5, 0.6) is 0 Å². The average Bonchev–Trinajstić information content (AvgIpc) is 3.08. The van der Waals surface area contributed by atoms with Gasteiger partial charge in [-0.1, -0.05) is 0 Å². The summed E-state index contributed by atoms with van der Waals surface area (Å²) in [6.07, 6.45) is 4.08. The molecule has 0 aromatic heterocycles. The molecule has 0 unspecified atom stereocenters. The zero-order valence-electron chi connectivity index (χ0n) is 11.8. The van der Waals surface area contributed by atoms with E-state index in [1.807, 2.05) is 4.90 Å². The second kappa shape index (κ2) is 5.38. The Bertz CT molecular complexity index is 344.